The van der Waals surface area contributed by atoms with Crippen LogP contribution in [0.25, 0.3) is 0 Å². The minimum Gasteiger partial charge on any atom is -0.492 e. The highest BCUT2D eigenvalue weighted by molar-refractivity contribution is 5.91. The molecule has 1 amide bonds. The Morgan fingerprint density at radius 1 is 1.33 bits per heavy atom. The summed E-state index contributed by atoms with van der Waals surface area (Å²) >= 11 is 0. The van der Waals surface area contributed by atoms with E-state index in [-0.39, 0.29) is 24.1 Å². The maximum Gasteiger partial charge on any atom is 0.287 e. The summed E-state index contributed by atoms with van der Waals surface area (Å²) in [6, 6.07) is 9.05. The SMILES string of the molecule is O=C(NCCOc1cccc(F)c1)c1ccco1. The van der Waals surface area contributed by atoms with Crippen LogP contribution in [-0.4, -0.2) is 19.1 Å². The molecule has 1 aromatic carbocycles. The molecule has 0 saturated heterocycles. The first kappa shape index (κ1) is 12.2. The Balaban J connectivity index is 1.72. The Bertz CT molecular complexity index is 511. The first-order valence-corrected chi connectivity index (χ1v) is 5.46. The van der Waals surface area contributed by atoms with Crippen LogP contribution in [-0.2, 0) is 0 Å². The molecule has 94 valence electrons. The van der Waals surface area contributed by atoms with Crippen molar-refractivity contribution in [1.29, 1.82) is 0 Å². The van der Waals surface area contributed by atoms with Crippen LogP contribution in [0.3, 0.4) is 0 Å². The topological polar surface area (TPSA) is 51.5 Å². The zero-order valence-corrected chi connectivity index (χ0v) is 9.56. The number of furan rings is 1. The Labute approximate surface area is 103 Å². The molecule has 0 atom stereocenters. The van der Waals surface area contributed by atoms with E-state index in [2.05, 4.69) is 5.32 Å². The van der Waals surface area contributed by atoms with Crippen molar-refractivity contribution >= 4 is 5.91 Å². The highest BCUT2D eigenvalue weighted by Gasteiger charge is 2.06. The summed E-state index contributed by atoms with van der Waals surface area (Å²) in [4.78, 5) is 11.5. The van der Waals surface area contributed by atoms with Crippen molar-refractivity contribution < 1.29 is 18.3 Å². The number of benzene rings is 1. The molecule has 0 unspecified atom stereocenters. The minimum atomic E-state index is -0.355. The first-order valence-electron chi connectivity index (χ1n) is 5.46. The second-order valence-electron chi connectivity index (χ2n) is 3.54. The molecule has 1 N–H and O–H groups in total. The predicted molar refractivity (Wildman–Crippen MR) is 62.9 cm³/mol. The maximum absolute atomic E-state index is 12.8. The lowest BCUT2D eigenvalue weighted by atomic mass is 10.3. The number of ether oxygens (including phenoxy) is 1. The largest absolute Gasteiger partial charge is 0.492 e. The van der Waals surface area contributed by atoms with Gasteiger partial charge in [-0.05, 0) is 24.3 Å². The van der Waals surface area contributed by atoms with Gasteiger partial charge in [-0.15, -0.1) is 0 Å². The lowest BCUT2D eigenvalue weighted by molar-refractivity contribution is 0.0919. The van der Waals surface area contributed by atoms with Gasteiger partial charge in [0.15, 0.2) is 5.76 Å². The van der Waals surface area contributed by atoms with Crippen LogP contribution in [0.2, 0.25) is 0 Å². The number of carbonyl (C=O) groups is 1. The third-order valence-electron chi connectivity index (χ3n) is 2.20. The molecular formula is C13H12FNO3. The Kier molecular flexibility index (Phi) is 3.96. The van der Waals surface area contributed by atoms with E-state index in [9.17, 15) is 9.18 Å². The van der Waals surface area contributed by atoms with Gasteiger partial charge in [-0.25, -0.2) is 4.39 Å². The van der Waals surface area contributed by atoms with Crippen molar-refractivity contribution in [3.8, 4) is 5.75 Å². The van der Waals surface area contributed by atoms with E-state index < -0.39 is 0 Å². The van der Waals surface area contributed by atoms with Crippen molar-refractivity contribution in [2.75, 3.05) is 13.2 Å². The number of rotatable bonds is 5. The molecule has 0 bridgehead atoms. The first-order chi connectivity index (χ1) is 8.75. The van der Waals surface area contributed by atoms with Crippen molar-refractivity contribution in [3.05, 3.63) is 54.2 Å². The van der Waals surface area contributed by atoms with Crippen LogP contribution in [0.5, 0.6) is 5.75 Å². The summed E-state index contributed by atoms with van der Waals surface area (Å²) in [6.45, 7) is 0.575. The van der Waals surface area contributed by atoms with E-state index in [0.29, 0.717) is 12.3 Å². The second-order valence-corrected chi connectivity index (χ2v) is 3.54. The molecule has 0 aliphatic heterocycles. The zero-order chi connectivity index (χ0) is 12.8. The van der Waals surface area contributed by atoms with Gasteiger partial charge in [0.1, 0.15) is 18.2 Å². The van der Waals surface area contributed by atoms with Crippen LogP contribution in [0.4, 0.5) is 4.39 Å². The third kappa shape index (κ3) is 3.35. The van der Waals surface area contributed by atoms with E-state index in [1.54, 1.807) is 24.3 Å². The van der Waals surface area contributed by atoms with Crippen molar-refractivity contribution in [1.82, 2.24) is 5.32 Å². The maximum atomic E-state index is 12.8. The van der Waals surface area contributed by atoms with Gasteiger partial charge in [-0.3, -0.25) is 4.79 Å². The monoisotopic (exact) mass is 249 g/mol. The fourth-order valence-electron chi connectivity index (χ4n) is 1.39. The Morgan fingerprint density at radius 3 is 2.94 bits per heavy atom. The lowest BCUT2D eigenvalue weighted by Gasteiger charge is -2.06. The molecule has 0 aliphatic rings. The third-order valence-corrected chi connectivity index (χ3v) is 2.20. The summed E-state index contributed by atoms with van der Waals surface area (Å²) < 4.78 is 23.0. The molecule has 18 heavy (non-hydrogen) atoms. The highest BCUT2D eigenvalue weighted by atomic mass is 19.1. The van der Waals surface area contributed by atoms with E-state index in [0.717, 1.165) is 0 Å². The summed E-state index contributed by atoms with van der Waals surface area (Å²) in [5.74, 6) is 0.0259. The van der Waals surface area contributed by atoms with Crippen molar-refractivity contribution in [2.24, 2.45) is 0 Å². The van der Waals surface area contributed by atoms with Crippen LogP contribution in [0, 0.1) is 5.82 Å². The average molecular weight is 249 g/mol. The molecular weight excluding hydrogens is 237 g/mol. The predicted octanol–water partition coefficient (Wildman–Crippen LogP) is 2.23. The van der Waals surface area contributed by atoms with E-state index in [4.69, 9.17) is 9.15 Å². The van der Waals surface area contributed by atoms with Gasteiger partial charge in [-0.2, -0.15) is 0 Å². The molecule has 0 radical (unpaired) electrons. The van der Waals surface area contributed by atoms with Crippen molar-refractivity contribution in [2.45, 2.75) is 0 Å². The lowest BCUT2D eigenvalue weighted by Crippen LogP contribution is -2.27. The number of nitrogens with one attached hydrogen (secondary N) is 1. The Hall–Kier alpha value is -2.30. The molecule has 0 spiro atoms. The molecule has 1 heterocycles. The average Bonchev–Trinajstić information content (AvgIpc) is 2.88. The molecule has 5 heteroatoms. The summed E-state index contributed by atoms with van der Waals surface area (Å²) in [7, 11) is 0. The summed E-state index contributed by atoms with van der Waals surface area (Å²) in [6.07, 6.45) is 1.43. The van der Waals surface area contributed by atoms with Gasteiger partial charge in [0.2, 0.25) is 0 Å². The molecule has 0 fully saturated rings. The number of amides is 1. The van der Waals surface area contributed by atoms with Crippen LogP contribution < -0.4 is 10.1 Å². The van der Waals surface area contributed by atoms with E-state index in [1.165, 1.54) is 18.4 Å². The number of hydrogen-bond donors (Lipinski definition) is 1. The van der Waals surface area contributed by atoms with Gasteiger partial charge < -0.3 is 14.5 Å². The molecule has 4 nitrogen and oxygen atoms in total. The standard InChI is InChI=1S/C13H12FNO3/c14-10-3-1-4-11(9-10)17-8-6-15-13(16)12-5-2-7-18-12/h1-5,7,9H,6,8H2,(H,15,16). The molecule has 2 aromatic rings. The van der Waals surface area contributed by atoms with Gasteiger partial charge in [0.05, 0.1) is 12.8 Å². The van der Waals surface area contributed by atoms with Crippen molar-refractivity contribution in [3.63, 3.8) is 0 Å². The molecule has 2 rings (SSSR count). The number of halogens is 1. The van der Waals surface area contributed by atoms with Crippen LogP contribution >= 0.6 is 0 Å². The normalized spacial score (nSPS) is 10.1. The quantitative estimate of drug-likeness (QED) is 0.827. The zero-order valence-electron chi connectivity index (χ0n) is 9.56. The Morgan fingerprint density at radius 2 is 2.22 bits per heavy atom. The molecule has 0 saturated carbocycles. The van der Waals surface area contributed by atoms with Crippen LogP contribution in [0.1, 0.15) is 10.6 Å². The second kappa shape index (κ2) is 5.86. The minimum absolute atomic E-state index is 0.251. The van der Waals surface area contributed by atoms with Gasteiger partial charge in [0.25, 0.3) is 5.91 Å². The fraction of sp³-hybridized carbons (Fsp3) is 0.154. The molecule has 1 aromatic heterocycles. The number of carbonyl (C=O) groups excluding carboxylic acids is 1. The smallest absolute Gasteiger partial charge is 0.287 e. The summed E-state index contributed by atoms with van der Waals surface area (Å²) in [5.41, 5.74) is 0. The summed E-state index contributed by atoms with van der Waals surface area (Å²) in [5, 5.41) is 2.62. The number of hydrogen-bond acceptors (Lipinski definition) is 3. The highest BCUT2D eigenvalue weighted by Crippen LogP contribution is 2.11. The fourth-order valence-corrected chi connectivity index (χ4v) is 1.39. The van der Waals surface area contributed by atoms with Gasteiger partial charge in [-0.1, -0.05) is 6.07 Å². The van der Waals surface area contributed by atoms with E-state index >= 15 is 0 Å². The van der Waals surface area contributed by atoms with E-state index in [1.807, 2.05) is 0 Å². The van der Waals surface area contributed by atoms with Crippen LogP contribution in [0.15, 0.2) is 47.1 Å². The van der Waals surface area contributed by atoms with Gasteiger partial charge >= 0.3 is 0 Å². The van der Waals surface area contributed by atoms with Gasteiger partial charge in [0, 0.05) is 6.07 Å². The molecule has 0 aliphatic carbocycles.